The Bertz CT molecular complexity index is 1240. The number of aryl methyl sites for hydroxylation is 1. The Morgan fingerprint density at radius 3 is 2.31 bits per heavy atom. The molecule has 0 aromatic heterocycles. The number of unbranched alkanes of at least 4 members (excludes halogenated alkanes) is 1. The molecule has 0 unspecified atom stereocenters. The Balaban J connectivity index is 1.71. The molecule has 3 aromatic rings. The summed E-state index contributed by atoms with van der Waals surface area (Å²) in [6.07, 6.45) is 3.53. The Morgan fingerprint density at radius 1 is 1.03 bits per heavy atom. The van der Waals surface area contributed by atoms with Crippen LogP contribution in [0.2, 0.25) is 5.02 Å². The maximum absolute atomic E-state index is 13.3. The van der Waals surface area contributed by atoms with Crippen molar-refractivity contribution in [3.05, 3.63) is 88.9 Å². The normalized spacial score (nSPS) is 11.4. The van der Waals surface area contributed by atoms with Crippen LogP contribution in [0, 0.1) is 6.92 Å². The monoisotopic (exact) mass is 513 g/mol. The molecule has 0 aliphatic heterocycles. The van der Waals surface area contributed by atoms with E-state index >= 15 is 0 Å². The molecular formula is C26H28ClN3O4S. The number of amides is 1. The number of carbonyl (C=O) groups excluding carboxylic acids is 1. The number of nitrogens with one attached hydrogen (secondary N) is 1. The van der Waals surface area contributed by atoms with E-state index in [2.05, 4.69) is 17.5 Å². The number of rotatable bonds is 11. The molecule has 0 heterocycles. The smallest absolute Gasteiger partial charge is 0.264 e. The van der Waals surface area contributed by atoms with Gasteiger partial charge >= 0.3 is 0 Å². The van der Waals surface area contributed by atoms with Gasteiger partial charge in [-0.25, -0.2) is 13.8 Å². The van der Waals surface area contributed by atoms with E-state index in [-0.39, 0.29) is 4.90 Å². The maximum Gasteiger partial charge on any atom is 0.264 e. The summed E-state index contributed by atoms with van der Waals surface area (Å²) in [4.78, 5) is 12.7. The number of hydrogen-bond donors (Lipinski definition) is 1. The molecule has 0 saturated carbocycles. The fraction of sp³-hybridized carbons (Fsp3) is 0.231. The van der Waals surface area contributed by atoms with Crippen LogP contribution in [0.25, 0.3) is 0 Å². The molecule has 1 amide bonds. The van der Waals surface area contributed by atoms with Gasteiger partial charge in [-0.15, -0.1) is 0 Å². The topological polar surface area (TPSA) is 88.1 Å². The van der Waals surface area contributed by atoms with Crippen molar-refractivity contribution in [3.8, 4) is 5.75 Å². The van der Waals surface area contributed by atoms with Gasteiger partial charge in [0, 0.05) is 5.02 Å². The molecule has 3 aromatic carbocycles. The highest BCUT2D eigenvalue weighted by Crippen LogP contribution is 2.25. The Labute approximate surface area is 211 Å². The number of hydrogen-bond acceptors (Lipinski definition) is 5. The van der Waals surface area contributed by atoms with Crippen LogP contribution in [0.3, 0.4) is 0 Å². The molecule has 1 N–H and O–H groups in total. The molecule has 0 spiro atoms. The van der Waals surface area contributed by atoms with Crippen LogP contribution in [-0.2, 0) is 14.8 Å². The molecule has 0 bridgehead atoms. The van der Waals surface area contributed by atoms with Gasteiger partial charge in [0.05, 0.1) is 23.4 Å². The highest BCUT2D eigenvalue weighted by Gasteiger charge is 2.27. The first kappa shape index (κ1) is 26.2. The fourth-order valence-corrected chi connectivity index (χ4v) is 4.64. The summed E-state index contributed by atoms with van der Waals surface area (Å²) in [5.41, 5.74) is 4.40. The van der Waals surface area contributed by atoms with E-state index in [9.17, 15) is 13.2 Å². The summed E-state index contributed by atoms with van der Waals surface area (Å²) in [7, 11) is -4.01. The number of nitrogens with zero attached hydrogens (tertiary/aromatic N) is 2. The Morgan fingerprint density at radius 2 is 1.69 bits per heavy atom. The van der Waals surface area contributed by atoms with Gasteiger partial charge in [0.15, 0.2) is 0 Å². The van der Waals surface area contributed by atoms with Gasteiger partial charge in [-0.1, -0.05) is 42.6 Å². The minimum Gasteiger partial charge on any atom is -0.494 e. The molecule has 9 heteroatoms. The maximum atomic E-state index is 13.3. The molecule has 184 valence electrons. The lowest BCUT2D eigenvalue weighted by Gasteiger charge is -2.23. The van der Waals surface area contributed by atoms with Crippen LogP contribution in [-0.4, -0.2) is 33.7 Å². The predicted octanol–water partition coefficient (Wildman–Crippen LogP) is 5.17. The predicted molar refractivity (Wildman–Crippen MR) is 140 cm³/mol. The molecule has 0 saturated heterocycles. The van der Waals surface area contributed by atoms with Crippen LogP contribution >= 0.6 is 11.6 Å². The van der Waals surface area contributed by atoms with E-state index < -0.39 is 22.5 Å². The molecule has 0 fully saturated rings. The summed E-state index contributed by atoms with van der Waals surface area (Å²) < 4.78 is 33.4. The number of carbonyl (C=O) groups is 1. The summed E-state index contributed by atoms with van der Waals surface area (Å²) in [5, 5.41) is 4.42. The average molecular weight is 514 g/mol. The molecule has 35 heavy (non-hydrogen) atoms. The summed E-state index contributed by atoms with van der Waals surface area (Å²) in [6, 6.07) is 20.0. The zero-order valence-electron chi connectivity index (χ0n) is 19.6. The zero-order valence-corrected chi connectivity index (χ0v) is 21.2. The van der Waals surface area contributed by atoms with Crippen LogP contribution in [0.15, 0.2) is 82.8 Å². The molecular weight excluding hydrogens is 486 g/mol. The second-order valence-electron chi connectivity index (χ2n) is 7.87. The Kier molecular flexibility index (Phi) is 9.28. The first-order chi connectivity index (χ1) is 16.8. The number of halogens is 1. The second-order valence-corrected chi connectivity index (χ2v) is 10.2. The van der Waals surface area contributed by atoms with Crippen molar-refractivity contribution >= 4 is 39.4 Å². The van der Waals surface area contributed by atoms with Gasteiger partial charge in [-0.3, -0.25) is 9.10 Å². The van der Waals surface area contributed by atoms with Crippen LogP contribution < -0.4 is 14.5 Å². The Hall–Kier alpha value is -3.36. The van der Waals surface area contributed by atoms with E-state index in [0.717, 1.165) is 34.0 Å². The summed E-state index contributed by atoms with van der Waals surface area (Å²) >= 11 is 5.96. The van der Waals surface area contributed by atoms with E-state index in [0.29, 0.717) is 17.3 Å². The van der Waals surface area contributed by atoms with Crippen molar-refractivity contribution in [2.75, 3.05) is 17.5 Å². The number of anilines is 1. The lowest BCUT2D eigenvalue weighted by Crippen LogP contribution is -2.39. The standard InChI is InChI=1S/C26H28ClN3O4S/c1-3-4-17-34-24-13-7-21(8-14-24)18-28-29-26(31)19-30(23-11-9-22(27)10-12-23)35(32,33)25-15-5-20(2)6-16-25/h5-16,18H,3-4,17,19H2,1-2H3,(H,29,31)/b28-18-. The minimum absolute atomic E-state index is 0.0793. The third kappa shape index (κ3) is 7.56. The molecule has 7 nitrogen and oxygen atoms in total. The molecule has 0 atom stereocenters. The van der Waals surface area contributed by atoms with Crippen molar-refractivity contribution in [1.29, 1.82) is 0 Å². The van der Waals surface area contributed by atoms with Gasteiger partial charge in [-0.2, -0.15) is 5.10 Å². The fourth-order valence-electron chi connectivity index (χ4n) is 3.09. The van der Waals surface area contributed by atoms with E-state index in [1.165, 1.54) is 18.3 Å². The molecule has 0 aliphatic carbocycles. The lowest BCUT2D eigenvalue weighted by molar-refractivity contribution is -0.119. The van der Waals surface area contributed by atoms with Crippen LogP contribution in [0.1, 0.15) is 30.9 Å². The lowest BCUT2D eigenvalue weighted by atomic mass is 10.2. The first-order valence-corrected chi connectivity index (χ1v) is 13.0. The third-order valence-electron chi connectivity index (χ3n) is 5.06. The SMILES string of the molecule is CCCCOc1ccc(/C=N\NC(=O)CN(c2ccc(Cl)cc2)S(=O)(=O)c2ccc(C)cc2)cc1. The largest absolute Gasteiger partial charge is 0.494 e. The highest BCUT2D eigenvalue weighted by atomic mass is 35.5. The van der Waals surface area contributed by atoms with Gasteiger partial charge in [0.25, 0.3) is 15.9 Å². The number of sulfonamides is 1. The quantitative estimate of drug-likeness (QED) is 0.217. The number of benzene rings is 3. The van der Waals surface area contributed by atoms with Gasteiger partial charge < -0.3 is 4.74 Å². The van der Waals surface area contributed by atoms with Crippen LogP contribution in [0.5, 0.6) is 5.75 Å². The highest BCUT2D eigenvalue weighted by molar-refractivity contribution is 7.92. The van der Waals surface area contributed by atoms with Gasteiger partial charge in [0.1, 0.15) is 12.3 Å². The third-order valence-corrected chi connectivity index (χ3v) is 7.10. The van der Waals surface area contributed by atoms with Crippen molar-refractivity contribution < 1.29 is 17.9 Å². The molecule has 0 aliphatic rings. The average Bonchev–Trinajstić information content (AvgIpc) is 2.84. The van der Waals surface area contributed by atoms with Crippen molar-refractivity contribution in [3.63, 3.8) is 0 Å². The molecule has 0 radical (unpaired) electrons. The van der Waals surface area contributed by atoms with E-state index in [1.54, 1.807) is 36.4 Å². The first-order valence-electron chi connectivity index (χ1n) is 11.2. The van der Waals surface area contributed by atoms with Crippen molar-refractivity contribution in [1.82, 2.24) is 5.43 Å². The van der Waals surface area contributed by atoms with Gasteiger partial charge in [0.2, 0.25) is 0 Å². The van der Waals surface area contributed by atoms with Crippen molar-refractivity contribution in [2.45, 2.75) is 31.6 Å². The minimum atomic E-state index is -4.01. The zero-order chi connectivity index (χ0) is 25.3. The summed E-state index contributed by atoms with van der Waals surface area (Å²) in [6.45, 7) is 4.17. The second kappa shape index (κ2) is 12.4. The number of ether oxygens (including phenoxy) is 1. The summed E-state index contributed by atoms with van der Waals surface area (Å²) in [5.74, 6) is 0.172. The van der Waals surface area contributed by atoms with Crippen LogP contribution in [0.4, 0.5) is 5.69 Å². The van der Waals surface area contributed by atoms with Gasteiger partial charge in [-0.05, 0) is 79.6 Å². The molecule has 3 rings (SSSR count). The van der Waals surface area contributed by atoms with E-state index in [1.807, 2.05) is 31.2 Å². The van der Waals surface area contributed by atoms with E-state index in [4.69, 9.17) is 16.3 Å². The number of hydrazone groups is 1. The van der Waals surface area contributed by atoms with Crippen molar-refractivity contribution in [2.24, 2.45) is 5.10 Å².